The molecule has 0 unspecified atom stereocenters. The molecule has 2 aliphatic rings. The molecule has 98 valence electrons. The van der Waals surface area contributed by atoms with Crippen LogP contribution >= 0.6 is 0 Å². The molecular formula is C13H24N2O2. The Morgan fingerprint density at radius 2 is 1.59 bits per heavy atom. The summed E-state index contributed by atoms with van der Waals surface area (Å²) < 4.78 is 5.37. The summed E-state index contributed by atoms with van der Waals surface area (Å²) in [4.78, 5) is 13.6. The van der Waals surface area contributed by atoms with Crippen molar-refractivity contribution in [2.45, 2.75) is 69.6 Å². The Kier molecular flexibility index (Phi) is 4.26. The average Bonchev–Trinajstić information content (AvgIpc) is 2.83. The summed E-state index contributed by atoms with van der Waals surface area (Å²) >= 11 is 0. The molecule has 2 rings (SSSR count). The molecule has 2 fully saturated rings. The summed E-state index contributed by atoms with van der Waals surface area (Å²) in [5.41, 5.74) is 5.57. The molecule has 0 aromatic rings. The second-order valence-electron chi connectivity index (χ2n) is 5.35. The van der Waals surface area contributed by atoms with Crippen LogP contribution < -0.4 is 5.73 Å². The van der Waals surface area contributed by atoms with E-state index in [0.717, 1.165) is 38.5 Å². The molecule has 0 heterocycles. The van der Waals surface area contributed by atoms with Gasteiger partial charge in [-0.1, -0.05) is 12.8 Å². The maximum atomic E-state index is 11.7. The number of methoxy groups -OCH3 is 1. The van der Waals surface area contributed by atoms with E-state index in [1.165, 1.54) is 12.8 Å². The van der Waals surface area contributed by atoms with Gasteiger partial charge in [-0.3, -0.25) is 0 Å². The predicted molar refractivity (Wildman–Crippen MR) is 66.7 cm³/mol. The summed E-state index contributed by atoms with van der Waals surface area (Å²) in [5, 5.41) is 0. The summed E-state index contributed by atoms with van der Waals surface area (Å²) in [6, 6.07) is 0.524. The molecule has 2 N–H and O–H groups in total. The van der Waals surface area contributed by atoms with Crippen LogP contribution in [0.15, 0.2) is 0 Å². The monoisotopic (exact) mass is 240 g/mol. The lowest BCUT2D eigenvalue weighted by Crippen LogP contribution is -2.50. The third-order valence-corrected chi connectivity index (χ3v) is 4.34. The smallest absolute Gasteiger partial charge is 0.315 e. The molecule has 2 aliphatic carbocycles. The highest BCUT2D eigenvalue weighted by atomic mass is 16.5. The van der Waals surface area contributed by atoms with Crippen molar-refractivity contribution in [2.75, 3.05) is 7.11 Å². The van der Waals surface area contributed by atoms with Gasteiger partial charge in [-0.05, 0) is 38.5 Å². The molecule has 0 aromatic carbocycles. The highest BCUT2D eigenvalue weighted by Crippen LogP contribution is 2.31. The molecule has 0 aliphatic heterocycles. The van der Waals surface area contributed by atoms with E-state index in [1.54, 1.807) is 7.11 Å². The average molecular weight is 240 g/mol. The Labute approximate surface area is 103 Å². The van der Waals surface area contributed by atoms with Crippen molar-refractivity contribution in [3.05, 3.63) is 0 Å². The van der Waals surface area contributed by atoms with Crippen LogP contribution in [-0.2, 0) is 4.74 Å². The Bertz CT molecular complexity index is 256. The predicted octanol–water partition coefficient (Wildman–Crippen LogP) is 2.27. The lowest BCUT2D eigenvalue weighted by atomic mass is 9.91. The van der Waals surface area contributed by atoms with Crippen LogP contribution in [0.2, 0.25) is 0 Å². The van der Waals surface area contributed by atoms with Crippen LogP contribution in [0.3, 0.4) is 0 Å². The van der Waals surface area contributed by atoms with Crippen molar-refractivity contribution in [1.29, 1.82) is 0 Å². The van der Waals surface area contributed by atoms with E-state index in [9.17, 15) is 4.79 Å². The van der Waals surface area contributed by atoms with Gasteiger partial charge in [0, 0.05) is 19.2 Å². The fourth-order valence-electron chi connectivity index (χ4n) is 3.40. The van der Waals surface area contributed by atoms with Crippen LogP contribution in [-0.4, -0.2) is 36.2 Å². The minimum absolute atomic E-state index is 0.224. The molecular weight excluding hydrogens is 216 g/mol. The number of primary amides is 1. The van der Waals surface area contributed by atoms with Gasteiger partial charge in [0.1, 0.15) is 0 Å². The highest BCUT2D eigenvalue weighted by molar-refractivity contribution is 5.72. The van der Waals surface area contributed by atoms with Crippen LogP contribution in [0.25, 0.3) is 0 Å². The fourth-order valence-corrected chi connectivity index (χ4v) is 3.40. The Hall–Kier alpha value is -0.770. The maximum Gasteiger partial charge on any atom is 0.315 e. The highest BCUT2D eigenvalue weighted by Gasteiger charge is 2.33. The molecule has 0 spiro atoms. The number of ether oxygens (including phenoxy) is 1. The summed E-state index contributed by atoms with van der Waals surface area (Å²) in [5.74, 6) is 0. The molecule has 2 amide bonds. The summed E-state index contributed by atoms with van der Waals surface area (Å²) in [6.45, 7) is 0. The minimum Gasteiger partial charge on any atom is -0.381 e. The second-order valence-corrected chi connectivity index (χ2v) is 5.35. The number of nitrogens with two attached hydrogens (primary N) is 1. The van der Waals surface area contributed by atoms with Gasteiger partial charge in [0.25, 0.3) is 0 Å². The van der Waals surface area contributed by atoms with E-state index >= 15 is 0 Å². The third-order valence-electron chi connectivity index (χ3n) is 4.34. The van der Waals surface area contributed by atoms with Gasteiger partial charge in [0.2, 0.25) is 0 Å². The van der Waals surface area contributed by atoms with Gasteiger partial charge in [-0.25, -0.2) is 4.79 Å². The molecule has 0 aromatic heterocycles. The van der Waals surface area contributed by atoms with Crippen molar-refractivity contribution in [3.63, 3.8) is 0 Å². The summed E-state index contributed by atoms with van der Waals surface area (Å²) in [6.07, 6.45) is 9.31. The van der Waals surface area contributed by atoms with Gasteiger partial charge in [0.05, 0.1) is 6.10 Å². The van der Waals surface area contributed by atoms with Crippen molar-refractivity contribution >= 4 is 6.03 Å². The molecule has 0 radical (unpaired) electrons. The lowest BCUT2D eigenvalue weighted by Gasteiger charge is -2.39. The molecule has 0 bridgehead atoms. The molecule has 4 heteroatoms. The third kappa shape index (κ3) is 2.92. The first-order valence-electron chi connectivity index (χ1n) is 6.83. The van der Waals surface area contributed by atoms with Crippen molar-refractivity contribution < 1.29 is 9.53 Å². The van der Waals surface area contributed by atoms with Gasteiger partial charge in [-0.15, -0.1) is 0 Å². The molecule has 17 heavy (non-hydrogen) atoms. The van der Waals surface area contributed by atoms with Crippen LogP contribution in [0.1, 0.15) is 51.4 Å². The number of urea groups is 1. The number of rotatable bonds is 3. The number of amides is 2. The van der Waals surface area contributed by atoms with Crippen molar-refractivity contribution in [2.24, 2.45) is 5.73 Å². The minimum atomic E-state index is -0.224. The van der Waals surface area contributed by atoms with E-state index in [-0.39, 0.29) is 6.03 Å². The van der Waals surface area contributed by atoms with Crippen molar-refractivity contribution in [3.8, 4) is 0 Å². The normalized spacial score (nSPS) is 30.4. The maximum absolute atomic E-state index is 11.7. The van der Waals surface area contributed by atoms with E-state index < -0.39 is 0 Å². The Balaban J connectivity index is 1.95. The quantitative estimate of drug-likeness (QED) is 0.822. The first-order valence-corrected chi connectivity index (χ1v) is 6.83. The zero-order valence-corrected chi connectivity index (χ0v) is 10.7. The van der Waals surface area contributed by atoms with Crippen LogP contribution in [0.5, 0.6) is 0 Å². The standard InChI is InChI=1S/C13H24N2O2/c1-17-12-8-6-11(7-9-12)15(13(14)16)10-4-2-3-5-10/h10-12H,2-9H2,1H3,(H2,14,16). The number of carbonyl (C=O) groups is 1. The number of carbonyl (C=O) groups excluding carboxylic acids is 1. The summed E-state index contributed by atoms with van der Waals surface area (Å²) in [7, 11) is 1.77. The van der Waals surface area contributed by atoms with E-state index in [2.05, 4.69) is 0 Å². The van der Waals surface area contributed by atoms with Crippen molar-refractivity contribution in [1.82, 2.24) is 4.90 Å². The van der Waals surface area contributed by atoms with Gasteiger partial charge in [-0.2, -0.15) is 0 Å². The van der Waals surface area contributed by atoms with Crippen LogP contribution in [0.4, 0.5) is 4.79 Å². The molecule has 4 nitrogen and oxygen atoms in total. The fraction of sp³-hybridized carbons (Fsp3) is 0.923. The van der Waals surface area contributed by atoms with Gasteiger partial charge < -0.3 is 15.4 Å². The first-order chi connectivity index (χ1) is 8.22. The largest absolute Gasteiger partial charge is 0.381 e. The first kappa shape index (κ1) is 12.7. The Morgan fingerprint density at radius 3 is 2.06 bits per heavy atom. The van der Waals surface area contributed by atoms with Crippen LogP contribution in [0, 0.1) is 0 Å². The molecule has 0 atom stereocenters. The molecule has 0 saturated heterocycles. The number of hydrogen-bond acceptors (Lipinski definition) is 2. The van der Waals surface area contributed by atoms with E-state index in [4.69, 9.17) is 10.5 Å². The lowest BCUT2D eigenvalue weighted by molar-refractivity contribution is 0.0391. The Morgan fingerprint density at radius 1 is 1.06 bits per heavy atom. The van der Waals surface area contributed by atoms with E-state index in [0.29, 0.717) is 18.2 Å². The number of nitrogens with zero attached hydrogens (tertiary/aromatic N) is 1. The molecule has 2 saturated carbocycles. The van der Waals surface area contributed by atoms with Gasteiger partial charge in [0.15, 0.2) is 0 Å². The number of hydrogen-bond donors (Lipinski definition) is 1. The zero-order valence-electron chi connectivity index (χ0n) is 10.7. The SMILES string of the molecule is COC1CCC(N(C(N)=O)C2CCCC2)CC1. The topological polar surface area (TPSA) is 55.6 Å². The second kappa shape index (κ2) is 5.71. The zero-order chi connectivity index (χ0) is 12.3. The van der Waals surface area contributed by atoms with Gasteiger partial charge >= 0.3 is 6.03 Å². The van der Waals surface area contributed by atoms with E-state index in [1.807, 2.05) is 4.90 Å².